The number of esters is 2. The minimum atomic E-state index is -0.528. The van der Waals surface area contributed by atoms with Crippen molar-refractivity contribution in [3.05, 3.63) is 94.5 Å². The molecule has 0 atom stereocenters. The average Bonchev–Trinajstić information content (AvgIpc) is 2.82. The number of nitriles is 2. The Bertz CT molecular complexity index is 1200. The first-order valence-electron chi connectivity index (χ1n) is 9.10. The van der Waals surface area contributed by atoms with E-state index >= 15 is 0 Å². The van der Waals surface area contributed by atoms with Gasteiger partial charge < -0.3 is 14.2 Å². The average molecular weight is 412 g/mol. The minimum Gasteiger partial charge on any atom is -0.465 e. The predicted molar refractivity (Wildman–Crippen MR) is 109 cm³/mol. The van der Waals surface area contributed by atoms with Gasteiger partial charge in [-0.1, -0.05) is 12.1 Å². The Hall–Kier alpha value is -4.62. The number of hydrogen-bond donors (Lipinski definition) is 0. The van der Waals surface area contributed by atoms with E-state index < -0.39 is 11.9 Å². The van der Waals surface area contributed by atoms with Gasteiger partial charge in [-0.25, -0.2) is 9.59 Å². The van der Waals surface area contributed by atoms with Crippen LogP contribution in [0.4, 0.5) is 0 Å². The molecule has 31 heavy (non-hydrogen) atoms. The molecular weight excluding hydrogens is 396 g/mol. The lowest BCUT2D eigenvalue weighted by Gasteiger charge is -2.09. The Morgan fingerprint density at radius 2 is 1.52 bits per heavy atom. The number of hydrogen-bond acceptors (Lipinski definition) is 7. The molecule has 0 heterocycles. The minimum absolute atomic E-state index is 0.00406. The standard InChI is InChI=1S/C24H16N2O5/c1-29-23(27)18-4-2-3-16(11-18)15-30-24(28)17-5-8-21(9-6-17)31-22-10-7-19(13-25)20(12-22)14-26/h2-12H,15H2,1H3. The Morgan fingerprint density at radius 1 is 0.806 bits per heavy atom. The summed E-state index contributed by atoms with van der Waals surface area (Å²) in [6.45, 7) is 0.00406. The van der Waals surface area contributed by atoms with Gasteiger partial charge in [0.05, 0.1) is 29.4 Å². The third kappa shape index (κ3) is 5.26. The summed E-state index contributed by atoms with van der Waals surface area (Å²) in [6, 6.07) is 21.4. The van der Waals surface area contributed by atoms with Gasteiger partial charge in [0, 0.05) is 0 Å². The van der Waals surface area contributed by atoms with Crippen LogP contribution in [-0.4, -0.2) is 19.0 Å². The van der Waals surface area contributed by atoms with Crippen LogP contribution >= 0.6 is 0 Å². The zero-order chi connectivity index (χ0) is 22.2. The second-order valence-corrected chi connectivity index (χ2v) is 6.33. The number of ether oxygens (including phenoxy) is 3. The Balaban J connectivity index is 1.62. The summed E-state index contributed by atoms with van der Waals surface area (Å²) in [5, 5.41) is 18.1. The molecular formula is C24H16N2O5. The van der Waals surface area contributed by atoms with Gasteiger partial charge in [-0.15, -0.1) is 0 Å². The fraction of sp³-hybridized carbons (Fsp3) is 0.0833. The summed E-state index contributed by atoms with van der Waals surface area (Å²) < 4.78 is 15.6. The molecule has 152 valence electrons. The lowest BCUT2D eigenvalue weighted by atomic mass is 10.1. The molecule has 0 saturated carbocycles. The van der Waals surface area contributed by atoms with Crippen LogP contribution in [0.5, 0.6) is 11.5 Å². The summed E-state index contributed by atoms with van der Waals surface area (Å²) >= 11 is 0. The third-order valence-corrected chi connectivity index (χ3v) is 4.28. The largest absolute Gasteiger partial charge is 0.465 e. The molecule has 0 bridgehead atoms. The first kappa shape index (κ1) is 21.1. The molecule has 0 radical (unpaired) electrons. The number of carbonyl (C=O) groups is 2. The van der Waals surface area contributed by atoms with E-state index in [1.54, 1.807) is 54.6 Å². The maximum absolute atomic E-state index is 12.3. The van der Waals surface area contributed by atoms with Crippen LogP contribution in [0.3, 0.4) is 0 Å². The van der Waals surface area contributed by atoms with Gasteiger partial charge in [-0.3, -0.25) is 0 Å². The molecule has 0 unspecified atom stereocenters. The molecule has 0 saturated heterocycles. The molecule has 3 aromatic carbocycles. The van der Waals surface area contributed by atoms with Gasteiger partial charge in [-0.2, -0.15) is 10.5 Å². The van der Waals surface area contributed by atoms with Crippen molar-refractivity contribution in [3.63, 3.8) is 0 Å². The van der Waals surface area contributed by atoms with E-state index in [4.69, 9.17) is 20.0 Å². The Kier molecular flexibility index (Phi) is 6.62. The summed E-state index contributed by atoms with van der Waals surface area (Å²) in [5.41, 5.74) is 1.85. The summed E-state index contributed by atoms with van der Waals surface area (Å²) in [6.07, 6.45) is 0. The first-order chi connectivity index (χ1) is 15.0. The fourth-order valence-electron chi connectivity index (χ4n) is 2.71. The van der Waals surface area contributed by atoms with Crippen LogP contribution in [0.25, 0.3) is 0 Å². The van der Waals surface area contributed by atoms with E-state index in [1.807, 2.05) is 12.1 Å². The first-order valence-corrected chi connectivity index (χ1v) is 9.10. The number of carbonyl (C=O) groups excluding carboxylic acids is 2. The molecule has 3 aromatic rings. The lowest BCUT2D eigenvalue weighted by Crippen LogP contribution is -2.06. The molecule has 0 spiro atoms. The molecule has 3 rings (SSSR count). The van der Waals surface area contributed by atoms with Crippen molar-refractivity contribution in [3.8, 4) is 23.6 Å². The number of rotatable bonds is 6. The van der Waals surface area contributed by atoms with Crippen LogP contribution in [-0.2, 0) is 16.1 Å². The lowest BCUT2D eigenvalue weighted by molar-refractivity contribution is 0.0472. The highest BCUT2D eigenvalue weighted by molar-refractivity contribution is 5.90. The molecule has 0 aromatic heterocycles. The van der Waals surface area contributed by atoms with E-state index in [-0.39, 0.29) is 17.7 Å². The van der Waals surface area contributed by atoms with Crippen LogP contribution in [0.1, 0.15) is 37.4 Å². The van der Waals surface area contributed by atoms with Crippen molar-refractivity contribution in [1.29, 1.82) is 10.5 Å². The summed E-state index contributed by atoms with van der Waals surface area (Å²) in [7, 11) is 1.30. The number of methoxy groups -OCH3 is 1. The second kappa shape index (κ2) is 9.73. The highest BCUT2D eigenvalue weighted by atomic mass is 16.5. The number of nitrogens with zero attached hydrogens (tertiary/aromatic N) is 2. The van der Waals surface area contributed by atoms with Crippen molar-refractivity contribution >= 4 is 11.9 Å². The van der Waals surface area contributed by atoms with Gasteiger partial charge in [0.15, 0.2) is 0 Å². The predicted octanol–water partition coefficient (Wildman–Crippen LogP) is 4.37. The molecule has 0 aliphatic carbocycles. The molecule has 0 fully saturated rings. The van der Waals surface area contributed by atoms with Crippen LogP contribution in [0.2, 0.25) is 0 Å². The molecule has 0 aliphatic heterocycles. The monoisotopic (exact) mass is 412 g/mol. The van der Waals surface area contributed by atoms with Crippen molar-refractivity contribution in [1.82, 2.24) is 0 Å². The van der Waals surface area contributed by atoms with Crippen molar-refractivity contribution in [2.75, 3.05) is 7.11 Å². The Morgan fingerprint density at radius 3 is 2.19 bits per heavy atom. The van der Waals surface area contributed by atoms with E-state index in [9.17, 15) is 9.59 Å². The van der Waals surface area contributed by atoms with Gasteiger partial charge in [0.2, 0.25) is 0 Å². The molecule has 7 heteroatoms. The topological polar surface area (TPSA) is 109 Å². The summed E-state index contributed by atoms with van der Waals surface area (Å²) in [4.78, 5) is 23.9. The normalized spacial score (nSPS) is 9.77. The van der Waals surface area contributed by atoms with Crippen LogP contribution in [0.15, 0.2) is 66.7 Å². The maximum atomic E-state index is 12.3. The highest BCUT2D eigenvalue weighted by Gasteiger charge is 2.11. The van der Waals surface area contributed by atoms with E-state index in [0.717, 1.165) is 0 Å². The van der Waals surface area contributed by atoms with Crippen molar-refractivity contribution < 1.29 is 23.8 Å². The second-order valence-electron chi connectivity index (χ2n) is 6.33. The highest BCUT2D eigenvalue weighted by Crippen LogP contribution is 2.24. The van der Waals surface area contributed by atoms with Crippen LogP contribution in [0, 0.1) is 22.7 Å². The SMILES string of the molecule is COC(=O)c1cccc(COC(=O)c2ccc(Oc3ccc(C#N)c(C#N)c3)cc2)c1. The zero-order valence-corrected chi connectivity index (χ0v) is 16.5. The van der Waals surface area contributed by atoms with Gasteiger partial charge >= 0.3 is 11.9 Å². The maximum Gasteiger partial charge on any atom is 0.338 e. The van der Waals surface area contributed by atoms with Gasteiger partial charge in [-0.05, 0) is 60.2 Å². The molecule has 7 nitrogen and oxygen atoms in total. The van der Waals surface area contributed by atoms with E-state index in [1.165, 1.54) is 19.2 Å². The quantitative estimate of drug-likeness (QED) is 0.553. The third-order valence-electron chi connectivity index (χ3n) is 4.28. The van der Waals surface area contributed by atoms with E-state index in [2.05, 4.69) is 4.74 Å². The fourth-order valence-corrected chi connectivity index (χ4v) is 2.71. The van der Waals surface area contributed by atoms with Crippen LogP contribution < -0.4 is 4.74 Å². The Labute approximate surface area is 178 Å². The molecule has 0 N–H and O–H groups in total. The van der Waals surface area contributed by atoms with Crippen molar-refractivity contribution in [2.24, 2.45) is 0 Å². The number of benzene rings is 3. The van der Waals surface area contributed by atoms with E-state index in [0.29, 0.717) is 28.2 Å². The summed E-state index contributed by atoms with van der Waals surface area (Å²) in [5.74, 6) is -0.139. The molecule has 0 amide bonds. The van der Waals surface area contributed by atoms with Gasteiger partial charge in [0.1, 0.15) is 30.2 Å². The molecule has 0 aliphatic rings. The van der Waals surface area contributed by atoms with Gasteiger partial charge in [0.25, 0.3) is 0 Å². The zero-order valence-electron chi connectivity index (χ0n) is 16.5. The smallest absolute Gasteiger partial charge is 0.338 e. The van der Waals surface area contributed by atoms with Crippen molar-refractivity contribution in [2.45, 2.75) is 6.61 Å².